The summed E-state index contributed by atoms with van der Waals surface area (Å²) in [6.45, 7) is 0. The van der Waals surface area contributed by atoms with Gasteiger partial charge in [-0.1, -0.05) is 60.3 Å². The van der Waals surface area contributed by atoms with Crippen LogP contribution in [0.4, 0.5) is 0 Å². The molecule has 3 rings (SSSR count). The Morgan fingerprint density at radius 3 is 2.05 bits per heavy atom. The van der Waals surface area contributed by atoms with Gasteiger partial charge in [0.25, 0.3) is 0 Å². The van der Waals surface area contributed by atoms with Crippen LogP contribution in [0, 0.1) is 0 Å². The second-order valence-corrected chi connectivity index (χ2v) is 5.57. The lowest BCUT2D eigenvalue weighted by atomic mass is 10.1. The van der Waals surface area contributed by atoms with Crippen molar-refractivity contribution in [1.29, 1.82) is 0 Å². The molecule has 0 saturated carbocycles. The van der Waals surface area contributed by atoms with Gasteiger partial charge in [-0.3, -0.25) is 0 Å². The van der Waals surface area contributed by atoms with Gasteiger partial charge in [-0.2, -0.15) is 0 Å². The van der Waals surface area contributed by atoms with Crippen molar-refractivity contribution < 1.29 is 5.11 Å². The summed E-state index contributed by atoms with van der Waals surface area (Å²) in [5.41, 5.74) is 2.44. The van der Waals surface area contributed by atoms with Crippen LogP contribution in [-0.2, 0) is 0 Å². The molecule has 0 amide bonds. The van der Waals surface area contributed by atoms with Crippen molar-refractivity contribution in [2.24, 2.45) is 0 Å². The van der Waals surface area contributed by atoms with E-state index in [0.29, 0.717) is 5.75 Å². The van der Waals surface area contributed by atoms with Crippen molar-refractivity contribution in [2.45, 2.75) is 9.79 Å². The Morgan fingerprint density at radius 1 is 0.650 bits per heavy atom. The Kier molecular flexibility index (Phi) is 3.75. The van der Waals surface area contributed by atoms with Crippen LogP contribution in [-0.4, -0.2) is 5.11 Å². The number of benzene rings is 3. The van der Waals surface area contributed by atoms with Gasteiger partial charge < -0.3 is 5.11 Å². The molecule has 0 spiro atoms. The summed E-state index contributed by atoms with van der Waals surface area (Å²) in [6, 6.07) is 26.0. The van der Waals surface area contributed by atoms with Gasteiger partial charge in [0.1, 0.15) is 5.75 Å². The van der Waals surface area contributed by atoms with Crippen LogP contribution in [0.2, 0.25) is 0 Å². The summed E-state index contributed by atoms with van der Waals surface area (Å²) in [7, 11) is 0. The van der Waals surface area contributed by atoms with Crippen LogP contribution >= 0.6 is 11.8 Å². The molecule has 3 aromatic rings. The summed E-state index contributed by atoms with van der Waals surface area (Å²) in [5.74, 6) is 0.297. The van der Waals surface area contributed by atoms with Crippen molar-refractivity contribution in [3.8, 4) is 16.9 Å². The monoisotopic (exact) mass is 278 g/mol. The molecule has 0 bridgehead atoms. The molecule has 3 aromatic carbocycles. The molecule has 0 fully saturated rings. The van der Waals surface area contributed by atoms with Crippen LogP contribution < -0.4 is 0 Å². The number of hydrogen-bond donors (Lipinski definition) is 1. The smallest absolute Gasteiger partial charge is 0.115 e. The zero-order chi connectivity index (χ0) is 13.8. The first-order valence-electron chi connectivity index (χ1n) is 6.44. The summed E-state index contributed by atoms with van der Waals surface area (Å²) in [4.78, 5) is 2.33. The molecule has 0 radical (unpaired) electrons. The third-order valence-corrected chi connectivity index (χ3v) is 4.12. The van der Waals surface area contributed by atoms with Gasteiger partial charge >= 0.3 is 0 Å². The molecular formula is C18H14OS. The highest BCUT2D eigenvalue weighted by molar-refractivity contribution is 7.99. The van der Waals surface area contributed by atoms with E-state index in [1.807, 2.05) is 18.2 Å². The fourth-order valence-electron chi connectivity index (χ4n) is 2.05. The molecule has 0 aliphatic carbocycles. The minimum atomic E-state index is 0.297. The Bertz CT molecular complexity index is 690. The van der Waals surface area contributed by atoms with Gasteiger partial charge in [-0.05, 0) is 41.5 Å². The SMILES string of the molecule is Oc1ccc(Sc2ccccc2-c2ccccc2)cc1. The normalized spacial score (nSPS) is 10.4. The number of phenols is 1. The van der Waals surface area contributed by atoms with Crippen molar-refractivity contribution in [2.75, 3.05) is 0 Å². The van der Waals surface area contributed by atoms with Crippen LogP contribution in [0.5, 0.6) is 5.75 Å². The van der Waals surface area contributed by atoms with Gasteiger partial charge in [0, 0.05) is 9.79 Å². The van der Waals surface area contributed by atoms with Gasteiger partial charge in [-0.25, -0.2) is 0 Å². The molecule has 0 aliphatic rings. The number of hydrogen-bond acceptors (Lipinski definition) is 2. The van der Waals surface area contributed by atoms with Crippen LogP contribution in [0.1, 0.15) is 0 Å². The third kappa shape index (κ3) is 2.86. The molecule has 1 N–H and O–H groups in total. The molecule has 0 unspecified atom stereocenters. The lowest BCUT2D eigenvalue weighted by Gasteiger charge is -2.09. The van der Waals surface area contributed by atoms with Crippen molar-refractivity contribution in [3.05, 3.63) is 78.9 Å². The van der Waals surface area contributed by atoms with E-state index >= 15 is 0 Å². The Balaban J connectivity index is 1.96. The topological polar surface area (TPSA) is 20.2 Å². The van der Waals surface area contributed by atoms with E-state index < -0.39 is 0 Å². The quantitative estimate of drug-likeness (QED) is 0.709. The summed E-state index contributed by atoms with van der Waals surface area (Å²) < 4.78 is 0. The fraction of sp³-hybridized carbons (Fsp3) is 0. The summed E-state index contributed by atoms with van der Waals surface area (Å²) in [6.07, 6.45) is 0. The maximum Gasteiger partial charge on any atom is 0.115 e. The van der Waals surface area contributed by atoms with Gasteiger partial charge in [0.15, 0.2) is 0 Å². The average molecular weight is 278 g/mol. The number of phenolic OH excluding ortho intramolecular Hbond substituents is 1. The van der Waals surface area contributed by atoms with Gasteiger partial charge in [-0.15, -0.1) is 0 Å². The summed E-state index contributed by atoms with van der Waals surface area (Å²) in [5, 5.41) is 9.35. The second kappa shape index (κ2) is 5.85. The lowest BCUT2D eigenvalue weighted by molar-refractivity contribution is 0.475. The van der Waals surface area contributed by atoms with Gasteiger partial charge in [0.05, 0.1) is 0 Å². The second-order valence-electron chi connectivity index (χ2n) is 4.46. The van der Waals surface area contributed by atoms with Crippen LogP contribution in [0.3, 0.4) is 0 Å². The zero-order valence-corrected chi connectivity index (χ0v) is 11.7. The molecule has 1 nitrogen and oxygen atoms in total. The van der Waals surface area contributed by atoms with Gasteiger partial charge in [0.2, 0.25) is 0 Å². The van der Waals surface area contributed by atoms with Crippen molar-refractivity contribution >= 4 is 11.8 Å². The van der Waals surface area contributed by atoms with E-state index in [4.69, 9.17) is 0 Å². The third-order valence-electron chi connectivity index (χ3n) is 3.04. The first-order chi connectivity index (χ1) is 9.83. The molecule has 0 saturated heterocycles. The molecule has 98 valence electrons. The summed E-state index contributed by atoms with van der Waals surface area (Å²) >= 11 is 1.71. The zero-order valence-electron chi connectivity index (χ0n) is 10.9. The van der Waals surface area contributed by atoms with E-state index in [-0.39, 0.29) is 0 Å². The van der Waals surface area contributed by atoms with Crippen LogP contribution in [0.25, 0.3) is 11.1 Å². The molecule has 2 heteroatoms. The van der Waals surface area contributed by atoms with E-state index in [2.05, 4.69) is 48.5 Å². The maximum atomic E-state index is 9.35. The number of aromatic hydroxyl groups is 1. The predicted molar refractivity (Wildman–Crippen MR) is 84.1 cm³/mol. The van der Waals surface area contributed by atoms with E-state index in [0.717, 1.165) is 4.90 Å². The van der Waals surface area contributed by atoms with E-state index in [1.54, 1.807) is 23.9 Å². The minimum Gasteiger partial charge on any atom is -0.508 e. The Morgan fingerprint density at radius 2 is 1.30 bits per heavy atom. The Hall–Kier alpha value is -2.19. The van der Waals surface area contributed by atoms with E-state index in [9.17, 15) is 5.11 Å². The minimum absolute atomic E-state index is 0.297. The molecule has 0 aromatic heterocycles. The molecule has 0 atom stereocenters. The standard InChI is InChI=1S/C18H14OS/c19-15-10-12-16(13-11-15)20-18-9-5-4-8-17(18)14-6-2-1-3-7-14/h1-13,19H. The highest BCUT2D eigenvalue weighted by atomic mass is 32.2. The van der Waals surface area contributed by atoms with Crippen molar-refractivity contribution in [1.82, 2.24) is 0 Å². The molecule has 0 heterocycles. The van der Waals surface area contributed by atoms with Crippen molar-refractivity contribution in [3.63, 3.8) is 0 Å². The Labute approximate surface area is 122 Å². The van der Waals surface area contributed by atoms with E-state index in [1.165, 1.54) is 16.0 Å². The largest absolute Gasteiger partial charge is 0.508 e. The predicted octanol–water partition coefficient (Wildman–Crippen LogP) is 5.21. The lowest BCUT2D eigenvalue weighted by Crippen LogP contribution is -1.82. The first kappa shape index (κ1) is 12.8. The number of rotatable bonds is 3. The maximum absolute atomic E-state index is 9.35. The highest BCUT2D eigenvalue weighted by Crippen LogP contribution is 2.36. The fourth-order valence-corrected chi connectivity index (χ4v) is 3.02. The first-order valence-corrected chi connectivity index (χ1v) is 7.26. The highest BCUT2D eigenvalue weighted by Gasteiger charge is 2.05. The molecule has 20 heavy (non-hydrogen) atoms. The molecular weight excluding hydrogens is 264 g/mol. The average Bonchev–Trinajstić information content (AvgIpc) is 2.51. The van der Waals surface area contributed by atoms with Crippen LogP contribution in [0.15, 0.2) is 88.7 Å². The molecule has 0 aliphatic heterocycles.